The molecular formula is C42H54N6O20P3S+. The van der Waals surface area contributed by atoms with E-state index in [1.165, 1.54) is 12.2 Å². The molecule has 0 radical (unpaired) electrons. The van der Waals surface area contributed by atoms with E-state index in [1.807, 2.05) is 35.5 Å². The number of nitrogens with one attached hydrogen (secondary N) is 2. The molecule has 1 aromatic heterocycles. The molecule has 3 aromatic rings. The van der Waals surface area contributed by atoms with Crippen LogP contribution in [0.5, 0.6) is 11.5 Å². The standard InChI is InChI=1S/C42H53N6O20P3S/c1-7-47-30-16-32-28(14-26(30)23(2)18-41(47,3)4)44-29-15-27-25(22-72(61,62)63)19-42(5,6)48(31(27)17-33(29)65-32)13-9-11-35(49)43-12-8-10-24-20-46(40(53)45-38(24)52)39-37(51)36(50)34(66-39)21-64-70(57,58)68-71(59,60)67-69(54,55)56/h8,10,14-20,34,36-37,39,50-51H,7,9,11-13,21-22H2,1-6H3,(H6-,43,45,49,52,53,54,55,56,57,58,59,60,61,62,63)/p+1/b10-8+/t34-,36-,37-,39-/m1/s1. The van der Waals surface area contributed by atoms with Crippen molar-refractivity contribution >= 4 is 68.1 Å². The number of H-pyrrole nitrogens is 1. The van der Waals surface area contributed by atoms with Crippen molar-refractivity contribution in [3.63, 3.8) is 0 Å². The fourth-order valence-electron chi connectivity index (χ4n) is 9.13. The van der Waals surface area contributed by atoms with Gasteiger partial charge in [0, 0.05) is 63.3 Å². The van der Waals surface area contributed by atoms with Gasteiger partial charge in [-0.15, -0.1) is 0 Å². The number of phosphoric acid groups is 3. The van der Waals surface area contributed by atoms with Crippen LogP contribution in [-0.2, 0) is 46.5 Å². The van der Waals surface area contributed by atoms with Gasteiger partial charge < -0.3 is 49.5 Å². The van der Waals surface area contributed by atoms with Gasteiger partial charge in [-0.1, -0.05) is 18.2 Å². The zero-order chi connectivity index (χ0) is 53.1. The molecule has 1 saturated heterocycles. The number of fused-ring (bicyclic) bond motifs is 4. The van der Waals surface area contributed by atoms with E-state index in [9.17, 15) is 61.0 Å². The number of hydrogen-bond donors (Lipinski definition) is 9. The first-order valence-corrected chi connectivity index (χ1v) is 28.2. The van der Waals surface area contributed by atoms with Gasteiger partial charge in [-0.3, -0.25) is 28.2 Å². The fourth-order valence-corrected chi connectivity index (χ4v) is 12.8. The van der Waals surface area contributed by atoms with Crippen LogP contribution in [0.25, 0.3) is 17.2 Å². The number of rotatable bonds is 18. The third-order valence-electron chi connectivity index (χ3n) is 12.0. The molecular weight excluding hydrogens is 1030 g/mol. The summed E-state index contributed by atoms with van der Waals surface area (Å²) in [4.78, 5) is 84.3. The van der Waals surface area contributed by atoms with E-state index in [-0.39, 0.29) is 30.0 Å². The maximum atomic E-state index is 13.1. The minimum atomic E-state index is -5.86. The zero-order valence-electron chi connectivity index (χ0n) is 39.4. The number of carbonyl (C=O) groups excluding carboxylic acids is 1. The number of likely N-dealkylation sites (N-methyl/N-ethyl adjacent to an activating group) is 1. The number of phosphoric ester groups is 1. The van der Waals surface area contributed by atoms with Crippen molar-refractivity contribution in [3.8, 4) is 11.5 Å². The number of aromatic amines is 1. The summed E-state index contributed by atoms with van der Waals surface area (Å²) in [5.74, 6) is -0.0492. The minimum absolute atomic E-state index is 0.0265. The molecule has 7 rings (SSSR count). The molecule has 0 spiro atoms. The van der Waals surface area contributed by atoms with Crippen LogP contribution >= 0.6 is 23.5 Å². The van der Waals surface area contributed by atoms with Gasteiger partial charge in [0.2, 0.25) is 11.3 Å². The number of amides is 1. The molecule has 26 nitrogen and oxygen atoms in total. The highest BCUT2D eigenvalue weighted by Gasteiger charge is 2.47. The number of allylic oxidation sites excluding steroid dienone is 1. The molecule has 72 heavy (non-hydrogen) atoms. The molecule has 9 N–H and O–H groups in total. The van der Waals surface area contributed by atoms with Gasteiger partial charge in [0.15, 0.2) is 23.3 Å². The summed E-state index contributed by atoms with van der Waals surface area (Å²) in [6.45, 7) is 12.0. The summed E-state index contributed by atoms with van der Waals surface area (Å²) in [6.07, 6.45) is 0.552. The second-order valence-electron chi connectivity index (χ2n) is 18.3. The van der Waals surface area contributed by atoms with Crippen molar-refractivity contribution in [2.24, 2.45) is 4.99 Å². The van der Waals surface area contributed by atoms with Crippen molar-refractivity contribution < 1.29 is 83.9 Å². The topological polar surface area (TPSA) is 376 Å². The maximum Gasteiger partial charge on any atom is 0.490 e. The van der Waals surface area contributed by atoms with Crippen LogP contribution in [0.4, 0.5) is 11.4 Å². The van der Waals surface area contributed by atoms with Crippen molar-refractivity contribution in [1.29, 1.82) is 0 Å². The molecule has 1 fully saturated rings. The molecule has 1 amide bonds. The Hall–Kier alpha value is -4.79. The molecule has 392 valence electrons. The van der Waals surface area contributed by atoms with Gasteiger partial charge in [-0.2, -0.15) is 17.0 Å². The van der Waals surface area contributed by atoms with Gasteiger partial charge >= 0.3 is 29.2 Å². The van der Waals surface area contributed by atoms with Gasteiger partial charge in [-0.25, -0.2) is 28.1 Å². The number of nitrogens with zero attached hydrogens (tertiary/aromatic N) is 4. The predicted molar refractivity (Wildman–Crippen MR) is 257 cm³/mol. The molecule has 6 atom stereocenters. The van der Waals surface area contributed by atoms with Crippen LogP contribution in [-0.4, -0.2) is 120 Å². The fraction of sp³-hybridized carbons (Fsp3) is 0.452. The first kappa shape index (κ1) is 55.0. The second-order valence-corrected chi connectivity index (χ2v) is 24.2. The van der Waals surface area contributed by atoms with Crippen molar-refractivity contribution in [3.05, 3.63) is 96.9 Å². The Morgan fingerprint density at radius 2 is 1.69 bits per heavy atom. The molecule has 0 aliphatic carbocycles. The highest BCUT2D eigenvalue weighted by atomic mass is 32.2. The van der Waals surface area contributed by atoms with Crippen molar-refractivity contribution in [2.45, 2.75) is 90.0 Å². The van der Waals surface area contributed by atoms with Crippen molar-refractivity contribution in [1.82, 2.24) is 19.4 Å². The average Bonchev–Trinajstić information content (AvgIpc) is 3.51. The van der Waals surface area contributed by atoms with Crippen LogP contribution in [0.3, 0.4) is 0 Å². The summed E-state index contributed by atoms with van der Waals surface area (Å²) in [5.41, 5.74) is 1.35. The summed E-state index contributed by atoms with van der Waals surface area (Å²) >= 11 is 0. The summed E-state index contributed by atoms with van der Waals surface area (Å²) in [6, 6.07) is 7.49. The number of benzene rings is 2. The van der Waals surface area contributed by atoms with Gasteiger partial charge in [0.05, 0.1) is 29.3 Å². The van der Waals surface area contributed by atoms with Crippen LogP contribution < -0.4 is 41.5 Å². The monoisotopic (exact) mass is 1090 g/mol. The summed E-state index contributed by atoms with van der Waals surface area (Å²) < 4.78 is 95.6. The minimum Gasteiger partial charge on any atom is -0.452 e. The Balaban J connectivity index is 1.03. The molecule has 0 saturated carbocycles. The van der Waals surface area contributed by atoms with Crippen LogP contribution in [0.1, 0.15) is 77.3 Å². The third-order valence-corrected chi connectivity index (χ3v) is 16.5. The Kier molecular flexibility index (Phi) is 15.4. The number of hydrogen-bond acceptors (Lipinski definition) is 17. The summed E-state index contributed by atoms with van der Waals surface area (Å²) in [5, 5.41) is 24.9. The van der Waals surface area contributed by atoms with E-state index in [1.54, 1.807) is 18.2 Å². The summed E-state index contributed by atoms with van der Waals surface area (Å²) in [7, 11) is -21.6. The normalized spacial score (nSPS) is 22.8. The number of aromatic nitrogens is 2. The molecule has 0 bridgehead atoms. The largest absolute Gasteiger partial charge is 0.490 e. The first-order valence-electron chi connectivity index (χ1n) is 22.0. The molecule has 2 unspecified atom stereocenters. The van der Waals surface area contributed by atoms with E-state index in [0.29, 0.717) is 56.6 Å². The maximum absolute atomic E-state index is 13.1. The zero-order valence-corrected chi connectivity index (χ0v) is 42.9. The van der Waals surface area contributed by atoms with E-state index in [2.05, 4.69) is 57.1 Å². The number of carbonyl (C=O) groups is 1. The van der Waals surface area contributed by atoms with E-state index >= 15 is 0 Å². The Morgan fingerprint density at radius 1 is 0.986 bits per heavy atom. The molecule has 4 aliphatic heterocycles. The van der Waals surface area contributed by atoms with Crippen LogP contribution in [0.15, 0.2) is 63.3 Å². The van der Waals surface area contributed by atoms with Gasteiger partial charge in [0.1, 0.15) is 41.7 Å². The Bertz CT molecular complexity index is 3330. The lowest BCUT2D eigenvalue weighted by molar-refractivity contribution is -0.121. The van der Waals surface area contributed by atoms with Crippen LogP contribution in [0, 0.1) is 0 Å². The number of ether oxygens (including phenoxy) is 2. The Morgan fingerprint density at radius 3 is 2.36 bits per heavy atom. The number of aliphatic hydroxyl groups is 2. The molecule has 30 heteroatoms. The smallest absolute Gasteiger partial charge is 0.452 e. The van der Waals surface area contributed by atoms with E-state index in [0.717, 1.165) is 29.6 Å². The molecule has 5 heterocycles. The molecule has 2 aromatic carbocycles. The number of aliphatic hydroxyl groups excluding tert-OH is 2. The highest BCUT2D eigenvalue weighted by Crippen LogP contribution is 2.66. The second kappa shape index (κ2) is 20.1. The van der Waals surface area contributed by atoms with Gasteiger partial charge in [0.25, 0.3) is 15.7 Å². The first-order chi connectivity index (χ1) is 33.3. The Labute approximate surface area is 410 Å². The molecule has 4 aliphatic rings. The predicted octanol–water partition coefficient (Wildman–Crippen LogP) is 1.74. The van der Waals surface area contributed by atoms with Crippen molar-refractivity contribution in [2.75, 3.05) is 36.9 Å². The third kappa shape index (κ3) is 12.4. The van der Waals surface area contributed by atoms with E-state index in [4.69, 9.17) is 24.3 Å². The van der Waals surface area contributed by atoms with Gasteiger partial charge in [-0.05, 0) is 57.0 Å². The highest BCUT2D eigenvalue weighted by molar-refractivity contribution is 7.86. The lowest BCUT2D eigenvalue weighted by atomic mass is 9.88. The SMILES string of the molecule is CCN1c2cc3c(cc2C(C)=CC1(C)C)N=c1cc2c(cc1O3)=[N+](CCCC(=O)NC/C=C/c1cn([C@@H]3O[C@H](COP(=O)(O)OP(=O)(O)OP(=O)(O)O)[C@@H](O)[C@H]3O)c(=O)[nH]c1=O)C(C)(C)C=C2CS(=O)(=O)O. The lowest BCUT2D eigenvalue weighted by Gasteiger charge is -2.43. The van der Waals surface area contributed by atoms with E-state index < -0.39 is 87.3 Å². The van der Waals surface area contributed by atoms with Crippen LogP contribution in [0.2, 0.25) is 0 Å². The average molecular weight is 1090 g/mol. The quantitative estimate of drug-likeness (QED) is 0.0389. The lowest BCUT2D eigenvalue weighted by Crippen LogP contribution is -2.50. The number of anilines is 1.